The third-order valence-electron chi connectivity index (χ3n) is 6.87. The van der Waals surface area contributed by atoms with Gasteiger partial charge < -0.3 is 4.74 Å². The van der Waals surface area contributed by atoms with Crippen LogP contribution in [0.25, 0.3) is 5.76 Å². The van der Waals surface area contributed by atoms with E-state index in [1.165, 1.54) is 31.2 Å². The van der Waals surface area contributed by atoms with Gasteiger partial charge in [-0.05, 0) is 66.9 Å². The van der Waals surface area contributed by atoms with Crippen molar-refractivity contribution in [1.29, 1.82) is 0 Å². The summed E-state index contributed by atoms with van der Waals surface area (Å²) in [4.78, 5) is 0. The second-order valence-corrected chi connectivity index (χ2v) is 10.5. The molecule has 0 radical (unpaired) electrons. The average Bonchev–Trinajstić information content (AvgIpc) is 3.08. The first-order valence-electron chi connectivity index (χ1n) is 11.0. The normalized spacial score (nSPS) is 18.3. The standard InChI is InChI=1S/C26H42O/c1-9-25(7,8)19-23(24(4,5)6)22-15-13-14-21(18-22)20(3)27-26(10-2)16-11-12-17-26/h13-15,18,23H,3,9-12,16-17,19H2,1-2,4-8H3. The van der Waals surface area contributed by atoms with Crippen LogP contribution >= 0.6 is 0 Å². The maximum Gasteiger partial charge on any atom is 0.120 e. The van der Waals surface area contributed by atoms with Crippen LogP contribution < -0.4 is 0 Å². The zero-order chi connectivity index (χ0) is 20.3. The Morgan fingerprint density at radius 2 is 1.74 bits per heavy atom. The largest absolute Gasteiger partial charge is 0.487 e. The number of rotatable bonds is 8. The molecule has 0 heterocycles. The summed E-state index contributed by atoms with van der Waals surface area (Å²) in [5.74, 6) is 1.37. The second-order valence-electron chi connectivity index (χ2n) is 10.5. The van der Waals surface area contributed by atoms with Crippen molar-refractivity contribution in [2.75, 3.05) is 0 Å². The lowest BCUT2D eigenvalue weighted by Crippen LogP contribution is -2.27. The van der Waals surface area contributed by atoms with Gasteiger partial charge in [-0.25, -0.2) is 0 Å². The van der Waals surface area contributed by atoms with Crippen molar-refractivity contribution < 1.29 is 4.74 Å². The molecule has 0 aromatic heterocycles. The van der Waals surface area contributed by atoms with Gasteiger partial charge in [-0.2, -0.15) is 0 Å². The fourth-order valence-corrected chi connectivity index (χ4v) is 4.42. The minimum absolute atomic E-state index is 0.0146. The highest BCUT2D eigenvalue weighted by Crippen LogP contribution is 2.45. The van der Waals surface area contributed by atoms with E-state index in [4.69, 9.17) is 4.74 Å². The van der Waals surface area contributed by atoms with Gasteiger partial charge in [0, 0.05) is 5.56 Å². The monoisotopic (exact) mass is 370 g/mol. The van der Waals surface area contributed by atoms with Crippen LogP contribution in [0, 0.1) is 10.8 Å². The maximum atomic E-state index is 6.48. The average molecular weight is 371 g/mol. The van der Waals surface area contributed by atoms with Crippen molar-refractivity contribution in [3.05, 3.63) is 42.0 Å². The van der Waals surface area contributed by atoms with E-state index in [9.17, 15) is 0 Å². The first-order chi connectivity index (χ1) is 12.5. The Balaban J connectivity index is 2.27. The summed E-state index contributed by atoms with van der Waals surface area (Å²) in [5, 5.41) is 0. The van der Waals surface area contributed by atoms with Gasteiger partial charge in [0.2, 0.25) is 0 Å². The van der Waals surface area contributed by atoms with E-state index < -0.39 is 0 Å². The minimum atomic E-state index is 0.0146. The van der Waals surface area contributed by atoms with Gasteiger partial charge in [-0.15, -0.1) is 0 Å². The van der Waals surface area contributed by atoms with Crippen molar-refractivity contribution >= 4 is 5.76 Å². The molecular weight excluding hydrogens is 328 g/mol. The molecule has 0 spiro atoms. The van der Waals surface area contributed by atoms with Crippen LogP contribution in [-0.2, 0) is 4.74 Å². The van der Waals surface area contributed by atoms with Crippen LogP contribution in [0.5, 0.6) is 0 Å². The molecule has 27 heavy (non-hydrogen) atoms. The number of hydrogen-bond acceptors (Lipinski definition) is 1. The highest BCUT2D eigenvalue weighted by molar-refractivity contribution is 5.59. The second kappa shape index (κ2) is 8.41. The van der Waals surface area contributed by atoms with Gasteiger partial charge in [0.25, 0.3) is 0 Å². The van der Waals surface area contributed by atoms with Gasteiger partial charge in [0.15, 0.2) is 0 Å². The predicted octanol–water partition coefficient (Wildman–Crippen LogP) is 8.35. The molecule has 1 aliphatic rings. The lowest BCUT2D eigenvalue weighted by molar-refractivity contribution is 0.0426. The summed E-state index contributed by atoms with van der Waals surface area (Å²) in [5.41, 5.74) is 3.15. The van der Waals surface area contributed by atoms with E-state index in [0.29, 0.717) is 11.3 Å². The van der Waals surface area contributed by atoms with Crippen molar-refractivity contribution in [3.63, 3.8) is 0 Å². The van der Waals surface area contributed by atoms with Crippen LogP contribution in [0.15, 0.2) is 30.8 Å². The van der Waals surface area contributed by atoms with Crippen LogP contribution in [0.3, 0.4) is 0 Å². The summed E-state index contributed by atoms with van der Waals surface area (Å²) in [7, 11) is 0. The molecule has 1 aromatic rings. The molecule has 1 aromatic carbocycles. The molecule has 152 valence electrons. The van der Waals surface area contributed by atoms with Crippen LogP contribution in [-0.4, -0.2) is 5.60 Å². The molecule has 0 N–H and O–H groups in total. The SMILES string of the molecule is C=C(OC1(CC)CCCC1)c1cccc(C(CC(C)(C)CC)C(C)(C)C)c1. The maximum absolute atomic E-state index is 6.48. The fraction of sp³-hybridized carbons (Fsp3) is 0.692. The third-order valence-corrected chi connectivity index (χ3v) is 6.87. The lowest BCUT2D eigenvalue weighted by Gasteiger charge is -2.37. The Bertz CT molecular complexity index is 626. The smallest absolute Gasteiger partial charge is 0.120 e. The van der Waals surface area contributed by atoms with Gasteiger partial charge >= 0.3 is 0 Å². The minimum Gasteiger partial charge on any atom is -0.487 e. The topological polar surface area (TPSA) is 9.23 Å². The van der Waals surface area contributed by atoms with Crippen LogP contribution in [0.2, 0.25) is 0 Å². The molecule has 1 atom stereocenters. The Morgan fingerprint density at radius 1 is 1.11 bits per heavy atom. The molecule has 0 saturated heterocycles. The predicted molar refractivity (Wildman–Crippen MR) is 119 cm³/mol. The van der Waals surface area contributed by atoms with Gasteiger partial charge in [0.1, 0.15) is 11.4 Å². The van der Waals surface area contributed by atoms with Gasteiger partial charge in [0.05, 0.1) is 0 Å². The molecule has 1 saturated carbocycles. The molecular formula is C26H42O. The molecule has 1 nitrogen and oxygen atoms in total. The van der Waals surface area contributed by atoms with Crippen molar-refractivity contribution in [2.24, 2.45) is 10.8 Å². The van der Waals surface area contributed by atoms with Crippen molar-refractivity contribution in [3.8, 4) is 0 Å². The third kappa shape index (κ3) is 5.62. The van der Waals surface area contributed by atoms with Crippen molar-refractivity contribution in [2.45, 2.75) is 105 Å². The van der Waals surface area contributed by atoms with E-state index >= 15 is 0 Å². The Hall–Kier alpha value is -1.24. The number of benzene rings is 1. The summed E-state index contributed by atoms with van der Waals surface area (Å²) >= 11 is 0. The summed E-state index contributed by atoms with van der Waals surface area (Å²) in [6.07, 6.45) is 8.35. The van der Waals surface area contributed by atoms with Crippen LogP contribution in [0.1, 0.15) is 110 Å². The van der Waals surface area contributed by atoms with Crippen LogP contribution in [0.4, 0.5) is 0 Å². The number of ether oxygens (including phenoxy) is 1. The van der Waals surface area contributed by atoms with E-state index in [2.05, 4.69) is 79.3 Å². The zero-order valence-electron chi connectivity index (χ0n) is 19.0. The molecule has 0 amide bonds. The van der Waals surface area contributed by atoms with E-state index in [-0.39, 0.29) is 11.0 Å². The Labute approximate surface area is 168 Å². The molecule has 1 aliphatic carbocycles. The summed E-state index contributed by atoms with van der Waals surface area (Å²) in [6, 6.07) is 8.98. The number of hydrogen-bond donors (Lipinski definition) is 0. The molecule has 2 rings (SSSR count). The Morgan fingerprint density at radius 3 is 2.26 bits per heavy atom. The molecule has 0 bridgehead atoms. The fourth-order valence-electron chi connectivity index (χ4n) is 4.42. The zero-order valence-corrected chi connectivity index (χ0v) is 19.0. The molecule has 1 fully saturated rings. The quantitative estimate of drug-likeness (QED) is 0.418. The highest BCUT2D eigenvalue weighted by Gasteiger charge is 2.35. The Kier molecular flexibility index (Phi) is 6.87. The summed E-state index contributed by atoms with van der Waals surface area (Å²) < 4.78 is 6.48. The van der Waals surface area contributed by atoms with Gasteiger partial charge in [-0.3, -0.25) is 0 Å². The first kappa shape index (κ1) is 22.1. The van der Waals surface area contributed by atoms with E-state index in [0.717, 1.165) is 30.6 Å². The van der Waals surface area contributed by atoms with E-state index in [1.807, 2.05) is 0 Å². The van der Waals surface area contributed by atoms with E-state index in [1.54, 1.807) is 0 Å². The lowest BCUT2D eigenvalue weighted by atomic mass is 9.68. The summed E-state index contributed by atoms with van der Waals surface area (Å²) in [6.45, 7) is 20.7. The van der Waals surface area contributed by atoms with Gasteiger partial charge in [-0.1, -0.05) is 79.7 Å². The molecule has 1 unspecified atom stereocenters. The molecule has 0 aliphatic heterocycles. The highest BCUT2D eigenvalue weighted by atomic mass is 16.5. The first-order valence-corrected chi connectivity index (χ1v) is 11.0. The van der Waals surface area contributed by atoms with Crippen molar-refractivity contribution in [1.82, 2.24) is 0 Å². The molecule has 1 heteroatoms.